The molecule has 0 radical (unpaired) electrons. The molecule has 0 aliphatic carbocycles. The summed E-state index contributed by atoms with van der Waals surface area (Å²) in [5.74, 6) is -1.92. The zero-order valence-corrected chi connectivity index (χ0v) is 20.5. The van der Waals surface area contributed by atoms with Gasteiger partial charge in [0.15, 0.2) is 0 Å². The van der Waals surface area contributed by atoms with Crippen LogP contribution in [0.4, 0.5) is 0 Å². The van der Waals surface area contributed by atoms with Crippen LogP contribution in [0.15, 0.2) is 70.6 Å². The number of aliphatic carboxylic acids is 1. The number of fused-ring (bicyclic) bond motifs is 5. The van der Waals surface area contributed by atoms with E-state index in [4.69, 9.17) is 14.6 Å². The molecular formula is C29H23N3O6. The lowest BCUT2D eigenvalue weighted by Crippen LogP contribution is -2.30. The summed E-state index contributed by atoms with van der Waals surface area (Å²) in [6, 6.07) is 19.0. The van der Waals surface area contributed by atoms with E-state index in [2.05, 4.69) is 5.16 Å². The summed E-state index contributed by atoms with van der Waals surface area (Å²) in [6.07, 6.45) is 1.42. The average molecular weight is 510 g/mol. The maximum absolute atomic E-state index is 13.6. The second-order valence-electron chi connectivity index (χ2n) is 9.38. The summed E-state index contributed by atoms with van der Waals surface area (Å²) in [6.45, 7) is 2.22. The third kappa shape index (κ3) is 3.66. The molecule has 0 saturated carbocycles. The number of ether oxygens (including phenoxy) is 1. The van der Waals surface area contributed by atoms with E-state index in [-0.39, 0.29) is 18.5 Å². The fraction of sp³-hybridized carbons (Fsp3) is 0.207. The van der Waals surface area contributed by atoms with E-state index in [9.17, 15) is 19.5 Å². The zero-order chi connectivity index (χ0) is 26.4. The van der Waals surface area contributed by atoms with Crippen molar-refractivity contribution >= 4 is 29.1 Å². The van der Waals surface area contributed by atoms with Crippen LogP contribution in [0.3, 0.4) is 0 Å². The number of aromatic nitrogens is 2. The van der Waals surface area contributed by atoms with E-state index >= 15 is 0 Å². The third-order valence-corrected chi connectivity index (χ3v) is 7.22. The molecule has 2 aliphatic heterocycles. The van der Waals surface area contributed by atoms with Gasteiger partial charge in [-0.1, -0.05) is 60.6 Å². The molecule has 1 N–H and O–H groups in total. The molecule has 2 aromatic heterocycles. The first-order valence-electron chi connectivity index (χ1n) is 12.3. The number of cyclic esters (lactones) is 1. The monoisotopic (exact) mass is 509 g/mol. The summed E-state index contributed by atoms with van der Waals surface area (Å²) in [4.78, 5) is 48.4. The van der Waals surface area contributed by atoms with Gasteiger partial charge in [-0.25, -0.2) is 9.78 Å². The van der Waals surface area contributed by atoms with E-state index < -0.39 is 29.5 Å². The molecule has 2 aliphatic rings. The molecule has 190 valence electrons. The minimum atomic E-state index is -1.40. The van der Waals surface area contributed by atoms with Crippen LogP contribution in [-0.4, -0.2) is 32.8 Å². The van der Waals surface area contributed by atoms with Crippen molar-refractivity contribution in [1.82, 2.24) is 9.55 Å². The highest BCUT2D eigenvalue weighted by Gasteiger charge is 2.49. The first-order valence-corrected chi connectivity index (χ1v) is 12.3. The number of carboxylic acid groups (broad SMARTS) is 1. The van der Waals surface area contributed by atoms with Gasteiger partial charge in [0.1, 0.15) is 17.8 Å². The van der Waals surface area contributed by atoms with E-state index in [1.807, 2.05) is 54.6 Å². The van der Waals surface area contributed by atoms with Crippen molar-refractivity contribution in [2.45, 2.75) is 38.5 Å². The first-order chi connectivity index (χ1) is 18.4. The Kier molecular flexibility index (Phi) is 5.56. The minimum absolute atomic E-state index is 0.115. The van der Waals surface area contributed by atoms with Crippen molar-refractivity contribution in [3.8, 4) is 11.4 Å². The number of oxime groups is 1. The van der Waals surface area contributed by atoms with Gasteiger partial charge in [-0.3, -0.25) is 9.59 Å². The van der Waals surface area contributed by atoms with E-state index in [1.54, 1.807) is 19.2 Å². The number of carbonyl (C=O) groups is 2. The van der Waals surface area contributed by atoms with Crippen LogP contribution in [0.2, 0.25) is 0 Å². The number of carboxylic acids is 1. The Balaban J connectivity index is 1.48. The Hall–Kier alpha value is -4.79. The first kappa shape index (κ1) is 23.6. The van der Waals surface area contributed by atoms with Gasteiger partial charge in [-0.2, -0.15) is 0 Å². The number of nitrogens with zero attached hydrogens (tertiary/aromatic N) is 3. The van der Waals surface area contributed by atoms with Gasteiger partial charge in [0.05, 0.1) is 36.1 Å². The summed E-state index contributed by atoms with van der Waals surface area (Å²) in [5.41, 5.74) is 2.57. The van der Waals surface area contributed by atoms with Crippen LogP contribution < -0.4 is 5.56 Å². The normalized spacial score (nSPS) is 17.3. The Morgan fingerprint density at radius 2 is 1.95 bits per heavy atom. The molecule has 1 atom stereocenters. The summed E-state index contributed by atoms with van der Waals surface area (Å²) in [5, 5.41) is 14.6. The fourth-order valence-corrected chi connectivity index (χ4v) is 5.33. The van der Waals surface area contributed by atoms with E-state index in [0.717, 1.165) is 22.1 Å². The van der Waals surface area contributed by atoms with Crippen molar-refractivity contribution in [3.63, 3.8) is 0 Å². The van der Waals surface area contributed by atoms with Crippen molar-refractivity contribution in [2.75, 3.05) is 0 Å². The van der Waals surface area contributed by atoms with Crippen LogP contribution in [0.25, 0.3) is 22.3 Å². The molecule has 2 aromatic carbocycles. The Bertz CT molecular complexity index is 1710. The maximum atomic E-state index is 13.6. The number of hydrogen-bond donors (Lipinski definition) is 1. The van der Waals surface area contributed by atoms with Crippen molar-refractivity contribution in [3.05, 3.63) is 98.8 Å². The zero-order valence-electron chi connectivity index (χ0n) is 20.5. The number of benzene rings is 2. The van der Waals surface area contributed by atoms with Crippen LogP contribution in [0.1, 0.15) is 52.4 Å². The lowest BCUT2D eigenvalue weighted by atomic mass is 9.87. The highest BCUT2D eigenvalue weighted by atomic mass is 16.6. The number of hydrogen-bond acceptors (Lipinski definition) is 7. The Morgan fingerprint density at radius 1 is 1.18 bits per heavy atom. The molecule has 1 unspecified atom stereocenters. The fourth-order valence-electron chi connectivity index (χ4n) is 5.33. The highest BCUT2D eigenvalue weighted by molar-refractivity contribution is 6.02. The molecular weight excluding hydrogens is 486 g/mol. The topological polar surface area (TPSA) is 120 Å². The van der Waals surface area contributed by atoms with E-state index in [1.165, 1.54) is 4.57 Å². The quantitative estimate of drug-likeness (QED) is 0.198. The number of esters is 1. The molecule has 4 heterocycles. The molecule has 9 nitrogen and oxygen atoms in total. The van der Waals surface area contributed by atoms with Gasteiger partial charge in [-0.15, -0.1) is 0 Å². The third-order valence-electron chi connectivity index (χ3n) is 7.22. The Labute approximate surface area is 217 Å². The second kappa shape index (κ2) is 8.95. The van der Waals surface area contributed by atoms with Crippen molar-refractivity contribution < 1.29 is 24.3 Å². The minimum Gasteiger partial charge on any atom is -0.481 e. The largest absolute Gasteiger partial charge is 0.481 e. The molecule has 0 spiro atoms. The van der Waals surface area contributed by atoms with Crippen LogP contribution in [0, 0.1) is 0 Å². The molecule has 4 aromatic rings. The molecule has 0 bridgehead atoms. The van der Waals surface area contributed by atoms with Crippen molar-refractivity contribution in [2.24, 2.45) is 5.16 Å². The molecule has 0 fully saturated rings. The number of pyridine rings is 2. The van der Waals surface area contributed by atoms with Gasteiger partial charge in [0.25, 0.3) is 5.56 Å². The molecule has 6 rings (SSSR count). The standard InChI is InChI=1S/C29H23N3O6/c1-2-29(13-24(33)34)21-12-23-26-20(15-32(23)27(35)25(21)28(36)38-29)19(18-10-6-7-11-22(18)31-26)14-30-37-16-17-8-4-3-5-9-17/h3-12,14H,2,13,15-16H2,1H3,(H,33,34)/b30-14+. The second-order valence-corrected chi connectivity index (χ2v) is 9.38. The SMILES string of the molecule is CCC1(CC(=O)O)OC(=O)c2c1cc1n(c2=O)Cc2c-1nc1ccccc1c2/C=N/OCc1ccccc1. The average Bonchev–Trinajstić information content (AvgIpc) is 3.42. The lowest BCUT2D eigenvalue weighted by molar-refractivity contribution is -0.142. The van der Waals surface area contributed by atoms with Crippen molar-refractivity contribution in [1.29, 1.82) is 0 Å². The van der Waals surface area contributed by atoms with Crippen LogP contribution >= 0.6 is 0 Å². The molecule has 0 saturated heterocycles. The van der Waals surface area contributed by atoms with Gasteiger partial charge in [-0.05, 0) is 24.1 Å². The number of rotatable bonds is 7. The smallest absolute Gasteiger partial charge is 0.345 e. The summed E-state index contributed by atoms with van der Waals surface area (Å²) in [7, 11) is 0. The Morgan fingerprint density at radius 3 is 2.71 bits per heavy atom. The number of para-hydroxylation sites is 1. The van der Waals surface area contributed by atoms with Gasteiger partial charge < -0.3 is 19.2 Å². The van der Waals surface area contributed by atoms with Gasteiger partial charge >= 0.3 is 11.9 Å². The lowest BCUT2D eigenvalue weighted by Gasteiger charge is -2.25. The molecule has 9 heteroatoms. The van der Waals surface area contributed by atoms with Crippen LogP contribution in [-0.2, 0) is 33.1 Å². The summed E-state index contributed by atoms with van der Waals surface area (Å²) < 4.78 is 7.02. The van der Waals surface area contributed by atoms with Crippen LogP contribution in [0.5, 0.6) is 0 Å². The predicted molar refractivity (Wildman–Crippen MR) is 139 cm³/mol. The summed E-state index contributed by atoms with van der Waals surface area (Å²) >= 11 is 0. The molecule has 0 amide bonds. The highest BCUT2D eigenvalue weighted by Crippen LogP contribution is 2.44. The van der Waals surface area contributed by atoms with E-state index in [0.29, 0.717) is 29.1 Å². The predicted octanol–water partition coefficient (Wildman–Crippen LogP) is 4.23. The maximum Gasteiger partial charge on any atom is 0.345 e. The number of carbonyl (C=O) groups excluding carboxylic acids is 1. The van der Waals surface area contributed by atoms with Gasteiger partial charge in [0, 0.05) is 22.1 Å². The molecule has 38 heavy (non-hydrogen) atoms. The van der Waals surface area contributed by atoms with Gasteiger partial charge in [0.2, 0.25) is 0 Å².